The highest BCUT2D eigenvalue weighted by Crippen LogP contribution is 2.27. The topological polar surface area (TPSA) is 38.0 Å². The molecule has 2 rings (SSSR count). The Hall–Kier alpha value is -0.930. The van der Waals surface area contributed by atoms with Crippen molar-refractivity contribution in [2.75, 3.05) is 13.1 Å². The minimum absolute atomic E-state index is 0.0304. The molecule has 1 aliphatic heterocycles. The van der Waals surface area contributed by atoms with Gasteiger partial charge in [0.05, 0.1) is 0 Å². The molecule has 0 saturated carbocycles. The van der Waals surface area contributed by atoms with Gasteiger partial charge in [-0.05, 0) is 56.0 Å². The van der Waals surface area contributed by atoms with E-state index in [0.29, 0.717) is 11.5 Å². The van der Waals surface area contributed by atoms with E-state index in [1.54, 1.807) is 13.0 Å². The largest absolute Gasteiger partial charge is 0.324 e. The second-order valence-corrected chi connectivity index (χ2v) is 4.62. The van der Waals surface area contributed by atoms with Gasteiger partial charge in [0.15, 0.2) is 0 Å². The first-order valence-corrected chi connectivity index (χ1v) is 5.91. The Bertz CT molecular complexity index is 359. The van der Waals surface area contributed by atoms with E-state index in [4.69, 9.17) is 5.73 Å². The number of nitrogens with two attached hydrogens (primary N) is 1. The Morgan fingerprint density at radius 3 is 2.69 bits per heavy atom. The lowest BCUT2D eigenvalue weighted by molar-refractivity contribution is 0.321. The smallest absolute Gasteiger partial charge is 0.126 e. The van der Waals surface area contributed by atoms with E-state index < -0.39 is 0 Å². The van der Waals surface area contributed by atoms with Crippen LogP contribution in [0.3, 0.4) is 0 Å². The van der Waals surface area contributed by atoms with Crippen LogP contribution in [0.5, 0.6) is 0 Å². The van der Waals surface area contributed by atoms with E-state index in [1.165, 1.54) is 0 Å². The number of benzene rings is 1. The highest BCUT2D eigenvalue weighted by molar-refractivity contribution is 5.26. The summed E-state index contributed by atoms with van der Waals surface area (Å²) in [4.78, 5) is 0. The maximum absolute atomic E-state index is 13.4. The molecule has 0 amide bonds. The molecule has 88 valence electrons. The summed E-state index contributed by atoms with van der Waals surface area (Å²) in [5.74, 6) is 0.324. The van der Waals surface area contributed by atoms with Crippen LogP contribution in [0, 0.1) is 18.7 Å². The molecule has 0 aliphatic carbocycles. The van der Waals surface area contributed by atoms with Crippen LogP contribution in [0.15, 0.2) is 18.2 Å². The van der Waals surface area contributed by atoms with Crippen molar-refractivity contribution in [2.45, 2.75) is 25.8 Å². The van der Waals surface area contributed by atoms with E-state index in [2.05, 4.69) is 5.32 Å². The summed E-state index contributed by atoms with van der Waals surface area (Å²) in [6.45, 7) is 3.81. The van der Waals surface area contributed by atoms with Crippen molar-refractivity contribution in [3.05, 3.63) is 35.1 Å². The third-order valence-corrected chi connectivity index (χ3v) is 3.47. The summed E-state index contributed by atoms with van der Waals surface area (Å²) in [5, 5.41) is 3.31. The Morgan fingerprint density at radius 1 is 1.38 bits per heavy atom. The fourth-order valence-electron chi connectivity index (χ4n) is 2.29. The van der Waals surface area contributed by atoms with Crippen molar-refractivity contribution >= 4 is 0 Å². The molecule has 0 bridgehead atoms. The zero-order valence-corrected chi connectivity index (χ0v) is 9.67. The molecule has 0 radical (unpaired) electrons. The van der Waals surface area contributed by atoms with Crippen molar-refractivity contribution in [1.82, 2.24) is 5.32 Å². The number of hydrogen-bond acceptors (Lipinski definition) is 2. The maximum atomic E-state index is 13.4. The molecule has 1 fully saturated rings. The number of rotatable bonds is 2. The van der Waals surface area contributed by atoms with E-state index in [-0.39, 0.29) is 11.9 Å². The number of aryl methyl sites for hydroxylation is 1. The van der Waals surface area contributed by atoms with E-state index in [9.17, 15) is 4.39 Å². The minimum Gasteiger partial charge on any atom is -0.324 e. The molecule has 0 spiro atoms. The average molecular weight is 222 g/mol. The first kappa shape index (κ1) is 11.6. The molecule has 1 aromatic carbocycles. The number of piperidine rings is 1. The molecular formula is C13H19FN2. The molecule has 1 aliphatic rings. The molecular weight excluding hydrogens is 203 g/mol. The second-order valence-electron chi connectivity index (χ2n) is 4.62. The quantitative estimate of drug-likeness (QED) is 0.804. The highest BCUT2D eigenvalue weighted by Gasteiger charge is 2.21. The van der Waals surface area contributed by atoms with Gasteiger partial charge >= 0.3 is 0 Å². The Labute approximate surface area is 96.0 Å². The van der Waals surface area contributed by atoms with Crippen molar-refractivity contribution in [3.63, 3.8) is 0 Å². The summed E-state index contributed by atoms with van der Waals surface area (Å²) < 4.78 is 13.4. The zero-order chi connectivity index (χ0) is 11.5. The molecule has 16 heavy (non-hydrogen) atoms. The summed E-state index contributed by atoms with van der Waals surface area (Å²) in [6, 6.07) is 5.32. The number of hydrogen-bond donors (Lipinski definition) is 2. The third kappa shape index (κ3) is 2.42. The van der Waals surface area contributed by atoms with Crippen molar-refractivity contribution < 1.29 is 4.39 Å². The minimum atomic E-state index is -0.151. The Morgan fingerprint density at radius 2 is 2.06 bits per heavy atom. The summed E-state index contributed by atoms with van der Waals surface area (Å²) >= 11 is 0. The van der Waals surface area contributed by atoms with Gasteiger partial charge in [-0.1, -0.05) is 12.1 Å². The predicted molar refractivity (Wildman–Crippen MR) is 63.7 cm³/mol. The van der Waals surface area contributed by atoms with Crippen LogP contribution >= 0.6 is 0 Å². The van der Waals surface area contributed by atoms with Crippen LogP contribution < -0.4 is 11.1 Å². The molecule has 1 atom stereocenters. The lowest BCUT2D eigenvalue weighted by Crippen LogP contribution is -2.33. The van der Waals surface area contributed by atoms with Gasteiger partial charge in [0.25, 0.3) is 0 Å². The molecule has 1 saturated heterocycles. The summed E-state index contributed by atoms with van der Waals surface area (Å²) in [7, 11) is 0. The van der Waals surface area contributed by atoms with E-state index >= 15 is 0 Å². The SMILES string of the molecule is Cc1ccc([C@H](N)C2CCNCC2)cc1F. The lowest BCUT2D eigenvalue weighted by atomic mass is 9.86. The van der Waals surface area contributed by atoms with Gasteiger partial charge in [0, 0.05) is 6.04 Å². The van der Waals surface area contributed by atoms with Crippen LogP contribution in [0.2, 0.25) is 0 Å². The molecule has 2 nitrogen and oxygen atoms in total. The number of halogens is 1. The van der Waals surface area contributed by atoms with Gasteiger partial charge < -0.3 is 11.1 Å². The molecule has 3 heteroatoms. The zero-order valence-electron chi connectivity index (χ0n) is 9.67. The van der Waals surface area contributed by atoms with E-state index in [1.807, 2.05) is 12.1 Å². The van der Waals surface area contributed by atoms with Gasteiger partial charge in [-0.25, -0.2) is 4.39 Å². The maximum Gasteiger partial charge on any atom is 0.126 e. The Balaban J connectivity index is 2.12. The highest BCUT2D eigenvalue weighted by atomic mass is 19.1. The van der Waals surface area contributed by atoms with Crippen LogP contribution in [-0.2, 0) is 0 Å². The molecule has 1 heterocycles. The van der Waals surface area contributed by atoms with Gasteiger partial charge in [-0.3, -0.25) is 0 Å². The van der Waals surface area contributed by atoms with Gasteiger partial charge in [0.2, 0.25) is 0 Å². The molecule has 0 unspecified atom stereocenters. The van der Waals surface area contributed by atoms with Crippen LogP contribution in [0.25, 0.3) is 0 Å². The molecule has 0 aromatic heterocycles. The third-order valence-electron chi connectivity index (χ3n) is 3.47. The molecule has 3 N–H and O–H groups in total. The summed E-state index contributed by atoms with van der Waals surface area (Å²) in [6.07, 6.45) is 2.16. The standard InChI is InChI=1S/C13H19FN2/c1-9-2-3-11(8-12(9)14)13(15)10-4-6-16-7-5-10/h2-3,8,10,13,16H,4-7,15H2,1H3/t13-/m1/s1. The monoisotopic (exact) mass is 222 g/mol. The fraction of sp³-hybridized carbons (Fsp3) is 0.538. The molecule has 1 aromatic rings. The van der Waals surface area contributed by atoms with Crippen LogP contribution in [0.4, 0.5) is 4.39 Å². The van der Waals surface area contributed by atoms with Gasteiger partial charge in [-0.2, -0.15) is 0 Å². The first-order valence-electron chi connectivity index (χ1n) is 5.91. The van der Waals surface area contributed by atoms with Crippen LogP contribution in [-0.4, -0.2) is 13.1 Å². The van der Waals surface area contributed by atoms with E-state index in [0.717, 1.165) is 31.5 Å². The van der Waals surface area contributed by atoms with Crippen LogP contribution in [0.1, 0.15) is 30.0 Å². The fourth-order valence-corrected chi connectivity index (χ4v) is 2.29. The normalized spacial score (nSPS) is 19.7. The predicted octanol–water partition coefficient (Wildman–Crippen LogP) is 2.13. The summed E-state index contributed by atoms with van der Waals surface area (Å²) in [5.41, 5.74) is 7.80. The van der Waals surface area contributed by atoms with Crippen molar-refractivity contribution in [1.29, 1.82) is 0 Å². The van der Waals surface area contributed by atoms with Crippen molar-refractivity contribution in [2.24, 2.45) is 11.7 Å². The first-order chi connectivity index (χ1) is 7.68. The lowest BCUT2D eigenvalue weighted by Gasteiger charge is -2.28. The average Bonchev–Trinajstić information content (AvgIpc) is 2.33. The van der Waals surface area contributed by atoms with Gasteiger partial charge in [0.1, 0.15) is 5.82 Å². The second kappa shape index (κ2) is 4.93. The van der Waals surface area contributed by atoms with Gasteiger partial charge in [-0.15, -0.1) is 0 Å². The van der Waals surface area contributed by atoms with Crippen molar-refractivity contribution in [3.8, 4) is 0 Å². The number of nitrogens with one attached hydrogen (secondary N) is 1. The Kier molecular flexibility index (Phi) is 3.56.